The summed E-state index contributed by atoms with van der Waals surface area (Å²) in [5.41, 5.74) is 6.66. The number of amides is 1. The molecule has 1 aliphatic rings. The van der Waals surface area contributed by atoms with Gasteiger partial charge < -0.3 is 24.8 Å². The molecule has 0 saturated carbocycles. The zero-order valence-corrected chi connectivity index (χ0v) is 16.9. The Hall–Kier alpha value is -3.52. The average Bonchev–Trinajstić information content (AvgIpc) is 3.28. The number of para-hydroxylation sites is 2. The molecule has 0 aliphatic carbocycles. The van der Waals surface area contributed by atoms with Crippen LogP contribution in [0.3, 0.4) is 0 Å². The highest BCUT2D eigenvalue weighted by Gasteiger charge is 2.47. The summed E-state index contributed by atoms with van der Waals surface area (Å²) in [7, 11) is 3.93. The van der Waals surface area contributed by atoms with Gasteiger partial charge in [-0.1, -0.05) is 18.2 Å². The van der Waals surface area contributed by atoms with Crippen molar-refractivity contribution in [3.05, 3.63) is 60.4 Å². The maximum Gasteiger partial charge on any atom is 0.270 e. The van der Waals surface area contributed by atoms with Gasteiger partial charge in [0.15, 0.2) is 11.5 Å². The van der Waals surface area contributed by atoms with Gasteiger partial charge in [0.2, 0.25) is 5.60 Å². The van der Waals surface area contributed by atoms with Gasteiger partial charge in [-0.3, -0.25) is 9.89 Å². The number of likely N-dealkylation sites (N-methyl/N-ethyl adjacent to an activating group) is 1. The highest BCUT2D eigenvalue weighted by atomic mass is 16.6. The van der Waals surface area contributed by atoms with E-state index in [0.717, 1.165) is 11.1 Å². The van der Waals surface area contributed by atoms with E-state index in [-0.39, 0.29) is 6.61 Å². The second-order valence-corrected chi connectivity index (χ2v) is 7.38. The molecule has 0 spiro atoms. The topological polar surface area (TPSA) is 103 Å². The molecular weight excluding hydrogens is 384 g/mol. The van der Waals surface area contributed by atoms with Crippen molar-refractivity contribution in [3.63, 3.8) is 0 Å². The lowest BCUT2D eigenvalue weighted by Gasteiger charge is -2.37. The second-order valence-electron chi connectivity index (χ2n) is 7.38. The van der Waals surface area contributed by atoms with Gasteiger partial charge in [-0.25, -0.2) is 0 Å². The molecule has 0 saturated heterocycles. The van der Waals surface area contributed by atoms with E-state index in [9.17, 15) is 4.79 Å². The third kappa shape index (κ3) is 3.69. The van der Waals surface area contributed by atoms with Crippen molar-refractivity contribution in [2.45, 2.75) is 5.60 Å². The average molecular weight is 408 g/mol. The number of rotatable bonds is 7. The van der Waals surface area contributed by atoms with Crippen LogP contribution in [-0.4, -0.2) is 54.9 Å². The molecule has 30 heavy (non-hydrogen) atoms. The molecule has 0 bridgehead atoms. The first-order valence-corrected chi connectivity index (χ1v) is 9.61. The summed E-state index contributed by atoms with van der Waals surface area (Å²) in [6.45, 7) is 1.09. The van der Waals surface area contributed by atoms with Crippen LogP contribution in [0.25, 0.3) is 11.1 Å². The predicted molar refractivity (Wildman–Crippen MR) is 112 cm³/mol. The zero-order chi connectivity index (χ0) is 21.1. The lowest BCUT2D eigenvalue weighted by molar-refractivity contribution is -0.140. The Morgan fingerprint density at radius 1 is 1.23 bits per heavy atom. The largest absolute Gasteiger partial charge is 0.492 e. The summed E-state index contributed by atoms with van der Waals surface area (Å²) in [5, 5.41) is 6.81. The maximum atomic E-state index is 12.7. The fourth-order valence-corrected chi connectivity index (χ4v) is 3.34. The molecule has 2 heterocycles. The van der Waals surface area contributed by atoms with E-state index >= 15 is 0 Å². The first kappa shape index (κ1) is 19.8. The Bertz CT molecular complexity index is 1040. The van der Waals surface area contributed by atoms with E-state index in [1.807, 2.05) is 43.3 Å². The number of hydrogen-bond acceptors (Lipinski definition) is 6. The molecule has 1 aromatic heterocycles. The van der Waals surface area contributed by atoms with Gasteiger partial charge in [0.1, 0.15) is 19.0 Å². The molecule has 8 heteroatoms. The number of nitrogens with two attached hydrogens (primary N) is 1. The minimum Gasteiger partial charge on any atom is -0.492 e. The molecule has 1 atom stereocenters. The molecule has 4 rings (SSSR count). The highest BCUT2D eigenvalue weighted by molar-refractivity contribution is 5.87. The molecular formula is C22H24N4O4. The molecule has 3 aromatic rings. The minimum absolute atomic E-state index is 0.0472. The summed E-state index contributed by atoms with van der Waals surface area (Å²) in [4.78, 5) is 14.7. The molecule has 1 aliphatic heterocycles. The Kier molecular flexibility index (Phi) is 5.33. The standard InChI is InChI=1S/C22H24N4O4/c1-26(2)9-10-28-20-11-15(16-12-24-25-13-16)7-8-17(20)22(21(23)27)14-29-18-5-3-4-6-19(18)30-22/h3-8,11-13H,9-10,14H2,1-2H3,(H2,23,27)(H,24,25). The number of nitrogens with zero attached hydrogens (tertiary/aromatic N) is 2. The minimum atomic E-state index is -1.50. The number of H-pyrrole nitrogens is 1. The Morgan fingerprint density at radius 2 is 2.03 bits per heavy atom. The fourth-order valence-electron chi connectivity index (χ4n) is 3.34. The van der Waals surface area contributed by atoms with Crippen LogP contribution in [0, 0.1) is 0 Å². The summed E-state index contributed by atoms with van der Waals surface area (Å²) in [6.07, 6.45) is 3.51. The van der Waals surface area contributed by atoms with E-state index in [1.54, 1.807) is 30.6 Å². The first-order chi connectivity index (χ1) is 14.5. The van der Waals surface area contributed by atoms with Gasteiger partial charge in [0, 0.05) is 18.3 Å². The number of aromatic nitrogens is 2. The number of aromatic amines is 1. The summed E-state index contributed by atoms with van der Waals surface area (Å²) in [6, 6.07) is 12.7. The first-order valence-electron chi connectivity index (χ1n) is 9.61. The summed E-state index contributed by atoms with van der Waals surface area (Å²) < 4.78 is 18.1. The summed E-state index contributed by atoms with van der Waals surface area (Å²) >= 11 is 0. The van der Waals surface area contributed by atoms with Crippen molar-refractivity contribution in [1.82, 2.24) is 15.1 Å². The number of benzene rings is 2. The Balaban J connectivity index is 1.77. The van der Waals surface area contributed by atoms with Crippen molar-refractivity contribution in [3.8, 4) is 28.4 Å². The van der Waals surface area contributed by atoms with E-state index < -0.39 is 11.5 Å². The number of ether oxygens (including phenoxy) is 3. The molecule has 8 nitrogen and oxygen atoms in total. The molecule has 1 unspecified atom stereocenters. The fraction of sp³-hybridized carbons (Fsp3) is 0.273. The van der Waals surface area contributed by atoms with Crippen molar-refractivity contribution >= 4 is 5.91 Å². The molecule has 0 fully saturated rings. The second kappa shape index (κ2) is 8.08. The maximum absolute atomic E-state index is 12.7. The molecule has 0 radical (unpaired) electrons. The molecule has 1 amide bonds. The number of nitrogens with one attached hydrogen (secondary N) is 1. The predicted octanol–water partition coefficient (Wildman–Crippen LogP) is 2.17. The number of carbonyl (C=O) groups excluding carboxylic acids is 1. The van der Waals surface area contributed by atoms with E-state index in [2.05, 4.69) is 10.2 Å². The summed E-state index contributed by atoms with van der Waals surface area (Å²) in [5.74, 6) is 0.892. The van der Waals surface area contributed by atoms with Crippen molar-refractivity contribution < 1.29 is 19.0 Å². The lowest BCUT2D eigenvalue weighted by atomic mass is 9.90. The lowest BCUT2D eigenvalue weighted by Crippen LogP contribution is -2.52. The van der Waals surface area contributed by atoms with Gasteiger partial charge >= 0.3 is 0 Å². The van der Waals surface area contributed by atoms with Crippen molar-refractivity contribution in [2.24, 2.45) is 5.73 Å². The van der Waals surface area contributed by atoms with Gasteiger partial charge in [-0.05, 0) is 43.9 Å². The van der Waals surface area contributed by atoms with Gasteiger partial charge in [-0.15, -0.1) is 0 Å². The van der Waals surface area contributed by atoms with Crippen LogP contribution in [0.5, 0.6) is 17.2 Å². The molecule has 3 N–H and O–H groups in total. The smallest absolute Gasteiger partial charge is 0.270 e. The van der Waals surface area contributed by atoms with Gasteiger partial charge in [-0.2, -0.15) is 5.10 Å². The van der Waals surface area contributed by atoms with E-state index in [1.165, 1.54) is 0 Å². The third-order valence-corrected chi connectivity index (χ3v) is 5.01. The van der Waals surface area contributed by atoms with Gasteiger partial charge in [0.05, 0.1) is 11.8 Å². The van der Waals surface area contributed by atoms with Crippen molar-refractivity contribution in [1.29, 1.82) is 0 Å². The monoisotopic (exact) mass is 408 g/mol. The number of fused-ring (bicyclic) bond motifs is 1. The third-order valence-electron chi connectivity index (χ3n) is 5.01. The molecule has 156 valence electrons. The molecule has 2 aromatic carbocycles. The Morgan fingerprint density at radius 3 is 2.73 bits per heavy atom. The van der Waals surface area contributed by atoms with Crippen LogP contribution in [-0.2, 0) is 10.4 Å². The van der Waals surface area contributed by atoms with Gasteiger partial charge in [0.25, 0.3) is 5.91 Å². The van der Waals surface area contributed by atoms with Crippen LogP contribution >= 0.6 is 0 Å². The quantitative estimate of drug-likeness (QED) is 0.621. The normalized spacial score (nSPS) is 17.7. The van der Waals surface area contributed by atoms with Crippen LogP contribution in [0.15, 0.2) is 54.9 Å². The van der Waals surface area contributed by atoms with Crippen LogP contribution in [0.1, 0.15) is 5.56 Å². The van der Waals surface area contributed by atoms with E-state index in [0.29, 0.717) is 36.0 Å². The van der Waals surface area contributed by atoms with E-state index in [4.69, 9.17) is 19.9 Å². The zero-order valence-electron chi connectivity index (χ0n) is 16.9. The van der Waals surface area contributed by atoms with Crippen molar-refractivity contribution in [2.75, 3.05) is 33.9 Å². The number of carbonyl (C=O) groups is 1. The van der Waals surface area contributed by atoms with Crippen LogP contribution in [0.4, 0.5) is 0 Å². The number of hydrogen-bond donors (Lipinski definition) is 2. The SMILES string of the molecule is CN(C)CCOc1cc(-c2cn[nH]c2)ccc1C1(C(N)=O)COc2ccccc2O1. The Labute approximate surface area is 174 Å². The highest BCUT2D eigenvalue weighted by Crippen LogP contribution is 2.43. The van der Waals surface area contributed by atoms with Crippen LogP contribution < -0.4 is 19.9 Å². The van der Waals surface area contributed by atoms with Crippen LogP contribution in [0.2, 0.25) is 0 Å². The number of primary amides is 1.